The van der Waals surface area contributed by atoms with Crippen LogP contribution in [-0.2, 0) is 11.2 Å². The van der Waals surface area contributed by atoms with Crippen LogP contribution in [0.1, 0.15) is 37.4 Å². The van der Waals surface area contributed by atoms with Crippen molar-refractivity contribution in [2.24, 2.45) is 0 Å². The van der Waals surface area contributed by atoms with E-state index in [1.165, 1.54) is 0 Å². The lowest BCUT2D eigenvalue weighted by molar-refractivity contribution is -0.117. The monoisotopic (exact) mass is 272 g/mol. The van der Waals surface area contributed by atoms with Gasteiger partial charge in [0.15, 0.2) is 5.82 Å². The third-order valence-corrected chi connectivity index (χ3v) is 3.21. The zero-order valence-electron chi connectivity index (χ0n) is 11.8. The molecule has 0 saturated carbocycles. The van der Waals surface area contributed by atoms with Crippen molar-refractivity contribution in [3.8, 4) is 0 Å². The number of nitrogen functional groups attached to an aromatic ring is 1. The Labute approximate surface area is 118 Å². The number of rotatable bonds is 5. The minimum Gasteiger partial charge on any atom is -0.399 e. The summed E-state index contributed by atoms with van der Waals surface area (Å²) >= 11 is 0. The van der Waals surface area contributed by atoms with E-state index in [1.807, 2.05) is 31.2 Å². The third kappa shape index (κ3) is 3.38. The molecule has 0 spiro atoms. The van der Waals surface area contributed by atoms with Crippen molar-refractivity contribution < 1.29 is 4.79 Å². The van der Waals surface area contributed by atoms with Gasteiger partial charge in [-0.3, -0.25) is 9.89 Å². The first kappa shape index (κ1) is 14.1. The number of hydrogen-bond acceptors (Lipinski definition) is 3. The van der Waals surface area contributed by atoms with Gasteiger partial charge in [0.05, 0.1) is 5.92 Å². The van der Waals surface area contributed by atoms with Crippen LogP contribution in [-0.4, -0.2) is 16.1 Å². The summed E-state index contributed by atoms with van der Waals surface area (Å²) in [4.78, 5) is 12.2. The average Bonchev–Trinajstić information content (AvgIpc) is 2.85. The molecule has 0 aliphatic heterocycles. The number of carbonyl (C=O) groups excluding carboxylic acids is 1. The number of hydrogen-bond donors (Lipinski definition) is 3. The van der Waals surface area contributed by atoms with Gasteiger partial charge in [0, 0.05) is 17.4 Å². The fourth-order valence-electron chi connectivity index (χ4n) is 2.04. The summed E-state index contributed by atoms with van der Waals surface area (Å²) in [5.41, 5.74) is 8.32. The van der Waals surface area contributed by atoms with Crippen molar-refractivity contribution in [1.82, 2.24) is 10.2 Å². The standard InChI is InChI=1S/C15H20N4O/c1-3-5-13-9-14(19-18-13)17-15(20)10(2)11-6-4-7-12(16)8-11/h4,6-10H,3,5,16H2,1-2H3,(H2,17,18,19,20). The maximum atomic E-state index is 12.2. The molecule has 1 aromatic heterocycles. The highest BCUT2D eigenvalue weighted by molar-refractivity contribution is 5.94. The largest absolute Gasteiger partial charge is 0.399 e. The maximum absolute atomic E-state index is 12.2. The Morgan fingerprint density at radius 1 is 1.45 bits per heavy atom. The van der Waals surface area contributed by atoms with Crippen LogP contribution in [0.4, 0.5) is 11.5 Å². The van der Waals surface area contributed by atoms with E-state index in [1.54, 1.807) is 6.07 Å². The molecule has 0 bridgehead atoms. The van der Waals surface area contributed by atoms with Crippen LogP contribution in [0.25, 0.3) is 0 Å². The van der Waals surface area contributed by atoms with Gasteiger partial charge in [-0.2, -0.15) is 5.10 Å². The molecule has 0 radical (unpaired) electrons. The van der Waals surface area contributed by atoms with Crippen LogP contribution in [0.15, 0.2) is 30.3 Å². The zero-order chi connectivity index (χ0) is 14.5. The van der Waals surface area contributed by atoms with E-state index < -0.39 is 0 Å². The van der Waals surface area contributed by atoms with Crippen LogP contribution in [0.3, 0.4) is 0 Å². The summed E-state index contributed by atoms with van der Waals surface area (Å²) in [6.45, 7) is 3.95. The van der Waals surface area contributed by atoms with Gasteiger partial charge in [-0.05, 0) is 31.0 Å². The Balaban J connectivity index is 2.03. The molecule has 2 rings (SSSR count). The first-order valence-corrected chi connectivity index (χ1v) is 6.80. The Morgan fingerprint density at radius 2 is 2.25 bits per heavy atom. The molecule has 1 amide bonds. The van der Waals surface area contributed by atoms with Crippen LogP contribution >= 0.6 is 0 Å². The van der Waals surface area contributed by atoms with Gasteiger partial charge >= 0.3 is 0 Å². The van der Waals surface area contributed by atoms with E-state index in [4.69, 9.17) is 5.73 Å². The number of benzene rings is 1. The number of nitrogens with two attached hydrogens (primary N) is 1. The smallest absolute Gasteiger partial charge is 0.232 e. The van der Waals surface area contributed by atoms with Gasteiger partial charge in [-0.25, -0.2) is 0 Å². The number of aryl methyl sites for hydroxylation is 1. The Kier molecular flexibility index (Phi) is 4.40. The molecule has 0 fully saturated rings. The van der Waals surface area contributed by atoms with E-state index in [9.17, 15) is 4.79 Å². The van der Waals surface area contributed by atoms with Gasteiger partial charge in [-0.1, -0.05) is 25.5 Å². The molecular formula is C15H20N4O. The fourth-order valence-corrected chi connectivity index (χ4v) is 2.04. The van der Waals surface area contributed by atoms with Crippen molar-refractivity contribution in [1.29, 1.82) is 0 Å². The predicted octanol–water partition coefficient (Wildman–Crippen LogP) is 2.69. The molecule has 5 heteroatoms. The first-order chi connectivity index (χ1) is 9.60. The van der Waals surface area contributed by atoms with E-state index in [0.29, 0.717) is 11.5 Å². The van der Waals surface area contributed by atoms with E-state index in [2.05, 4.69) is 22.4 Å². The molecule has 106 valence electrons. The minimum absolute atomic E-state index is 0.0925. The number of carbonyl (C=O) groups is 1. The summed E-state index contributed by atoms with van der Waals surface area (Å²) < 4.78 is 0. The van der Waals surface area contributed by atoms with Gasteiger partial charge in [0.25, 0.3) is 0 Å². The maximum Gasteiger partial charge on any atom is 0.232 e. The summed E-state index contributed by atoms with van der Waals surface area (Å²) in [5, 5.41) is 9.82. The Bertz CT molecular complexity index is 591. The van der Waals surface area contributed by atoms with Crippen LogP contribution < -0.4 is 11.1 Å². The molecule has 0 aliphatic carbocycles. The molecule has 0 saturated heterocycles. The van der Waals surface area contributed by atoms with Gasteiger partial charge in [-0.15, -0.1) is 0 Å². The summed E-state index contributed by atoms with van der Waals surface area (Å²) in [5.74, 6) is 0.198. The SMILES string of the molecule is CCCc1cc(NC(=O)C(C)c2cccc(N)c2)n[nH]1. The van der Waals surface area contributed by atoms with Gasteiger partial charge in [0.1, 0.15) is 0 Å². The molecule has 1 atom stereocenters. The van der Waals surface area contributed by atoms with Crippen molar-refractivity contribution >= 4 is 17.4 Å². The first-order valence-electron chi connectivity index (χ1n) is 6.80. The van der Waals surface area contributed by atoms with E-state index >= 15 is 0 Å². The summed E-state index contributed by atoms with van der Waals surface area (Å²) in [7, 11) is 0. The van der Waals surface area contributed by atoms with Crippen molar-refractivity contribution in [3.63, 3.8) is 0 Å². The number of nitrogens with zero attached hydrogens (tertiary/aromatic N) is 1. The predicted molar refractivity (Wildman–Crippen MR) is 80.5 cm³/mol. The third-order valence-electron chi connectivity index (χ3n) is 3.21. The summed E-state index contributed by atoms with van der Waals surface area (Å²) in [6.07, 6.45) is 1.96. The molecule has 5 nitrogen and oxygen atoms in total. The molecule has 1 heterocycles. The lowest BCUT2D eigenvalue weighted by Crippen LogP contribution is -2.19. The summed E-state index contributed by atoms with van der Waals surface area (Å²) in [6, 6.07) is 9.24. The van der Waals surface area contributed by atoms with Crippen LogP contribution in [0.5, 0.6) is 0 Å². The molecule has 1 unspecified atom stereocenters. The van der Waals surface area contributed by atoms with Gasteiger partial charge in [0.2, 0.25) is 5.91 Å². The second-order valence-electron chi connectivity index (χ2n) is 4.91. The zero-order valence-corrected chi connectivity index (χ0v) is 11.8. The molecule has 1 aromatic carbocycles. The number of aromatic amines is 1. The van der Waals surface area contributed by atoms with Crippen molar-refractivity contribution in [3.05, 3.63) is 41.6 Å². The number of aromatic nitrogens is 2. The second-order valence-corrected chi connectivity index (χ2v) is 4.91. The Hall–Kier alpha value is -2.30. The normalized spacial score (nSPS) is 12.1. The topological polar surface area (TPSA) is 83.8 Å². The van der Waals surface area contributed by atoms with Crippen molar-refractivity contribution in [2.75, 3.05) is 11.1 Å². The molecule has 4 N–H and O–H groups in total. The average molecular weight is 272 g/mol. The lowest BCUT2D eigenvalue weighted by Gasteiger charge is -2.11. The molecule has 20 heavy (non-hydrogen) atoms. The van der Waals surface area contributed by atoms with Gasteiger partial charge < -0.3 is 11.1 Å². The van der Waals surface area contributed by atoms with Crippen molar-refractivity contribution in [2.45, 2.75) is 32.6 Å². The number of anilines is 2. The Morgan fingerprint density at radius 3 is 2.95 bits per heavy atom. The number of amides is 1. The second kappa shape index (κ2) is 6.23. The lowest BCUT2D eigenvalue weighted by atomic mass is 10.00. The fraction of sp³-hybridized carbons (Fsp3) is 0.333. The molecular weight excluding hydrogens is 252 g/mol. The highest BCUT2D eigenvalue weighted by atomic mass is 16.1. The number of nitrogens with one attached hydrogen (secondary N) is 2. The highest BCUT2D eigenvalue weighted by Crippen LogP contribution is 2.19. The van der Waals surface area contributed by atoms with Crippen LogP contribution in [0, 0.1) is 0 Å². The van der Waals surface area contributed by atoms with E-state index in [-0.39, 0.29) is 11.8 Å². The molecule has 2 aromatic rings. The highest BCUT2D eigenvalue weighted by Gasteiger charge is 2.16. The van der Waals surface area contributed by atoms with Crippen LogP contribution in [0.2, 0.25) is 0 Å². The molecule has 0 aliphatic rings. The van der Waals surface area contributed by atoms with E-state index in [0.717, 1.165) is 24.1 Å². The quantitative estimate of drug-likeness (QED) is 0.732. The minimum atomic E-state index is -0.273. The number of H-pyrrole nitrogens is 1.